The summed E-state index contributed by atoms with van der Waals surface area (Å²) in [5.74, 6) is 0.268. The molecule has 2 aromatic heterocycles. The van der Waals surface area contributed by atoms with Crippen LogP contribution in [0.15, 0.2) is 48.6 Å². The predicted molar refractivity (Wildman–Crippen MR) is 121 cm³/mol. The van der Waals surface area contributed by atoms with Gasteiger partial charge in [0.1, 0.15) is 12.0 Å². The number of pyridine rings is 1. The minimum Gasteiger partial charge on any atom is -0.481 e. The van der Waals surface area contributed by atoms with E-state index in [0.29, 0.717) is 11.6 Å². The molecule has 1 unspecified atom stereocenters. The number of nitrogens with zero attached hydrogens (tertiary/aromatic N) is 4. The Morgan fingerprint density at radius 1 is 1.25 bits per heavy atom. The quantitative estimate of drug-likeness (QED) is 0.637. The number of anilines is 2. The third-order valence-corrected chi connectivity index (χ3v) is 5.81. The van der Waals surface area contributed by atoms with Crippen molar-refractivity contribution in [2.45, 2.75) is 25.5 Å². The van der Waals surface area contributed by atoms with Gasteiger partial charge in [-0.25, -0.2) is 4.98 Å². The van der Waals surface area contributed by atoms with E-state index < -0.39 is 6.23 Å². The molecule has 0 spiro atoms. The van der Waals surface area contributed by atoms with Gasteiger partial charge >= 0.3 is 0 Å². The SMILES string of the molecule is COc1ccc(C2NC(C(=O)Nc3cc4cn(C)nc4cc3N3CCCCC3)=CO2)cn1. The maximum atomic E-state index is 13.1. The minimum absolute atomic E-state index is 0.254. The highest BCUT2D eigenvalue weighted by atomic mass is 16.5. The predicted octanol–water partition coefficient (Wildman–Crippen LogP) is 3.07. The molecule has 1 aromatic carbocycles. The van der Waals surface area contributed by atoms with Crippen LogP contribution in [0, 0.1) is 0 Å². The van der Waals surface area contributed by atoms with Crippen molar-refractivity contribution in [2.24, 2.45) is 7.05 Å². The van der Waals surface area contributed by atoms with E-state index >= 15 is 0 Å². The van der Waals surface area contributed by atoms with E-state index in [-0.39, 0.29) is 5.91 Å². The second-order valence-corrected chi connectivity index (χ2v) is 8.06. The van der Waals surface area contributed by atoms with Crippen LogP contribution < -0.4 is 20.3 Å². The lowest BCUT2D eigenvalue weighted by molar-refractivity contribution is -0.113. The molecule has 0 aliphatic carbocycles. The molecule has 1 atom stereocenters. The van der Waals surface area contributed by atoms with Crippen molar-refractivity contribution in [1.29, 1.82) is 0 Å². The van der Waals surface area contributed by atoms with Crippen molar-refractivity contribution in [3.8, 4) is 5.88 Å². The Balaban J connectivity index is 1.35. The zero-order valence-corrected chi connectivity index (χ0v) is 18.2. The van der Waals surface area contributed by atoms with E-state index in [0.717, 1.165) is 53.8 Å². The summed E-state index contributed by atoms with van der Waals surface area (Å²) in [4.78, 5) is 19.6. The number of rotatable bonds is 5. The molecule has 0 saturated carbocycles. The molecule has 3 aromatic rings. The van der Waals surface area contributed by atoms with Crippen molar-refractivity contribution >= 4 is 28.2 Å². The lowest BCUT2D eigenvalue weighted by Gasteiger charge is -2.30. The normalized spacial score (nSPS) is 18.1. The number of aromatic nitrogens is 3. The molecule has 166 valence electrons. The van der Waals surface area contributed by atoms with Crippen molar-refractivity contribution in [1.82, 2.24) is 20.1 Å². The Labute approximate surface area is 186 Å². The summed E-state index contributed by atoms with van der Waals surface area (Å²) in [5, 5.41) is 11.7. The van der Waals surface area contributed by atoms with E-state index in [1.165, 1.54) is 12.7 Å². The largest absolute Gasteiger partial charge is 0.481 e. The second kappa shape index (κ2) is 8.41. The maximum Gasteiger partial charge on any atom is 0.275 e. The molecule has 0 bridgehead atoms. The first-order chi connectivity index (χ1) is 15.6. The number of benzene rings is 1. The zero-order chi connectivity index (χ0) is 22.1. The van der Waals surface area contributed by atoms with Crippen LogP contribution >= 0.6 is 0 Å². The van der Waals surface area contributed by atoms with Crippen LogP contribution in [0.1, 0.15) is 31.1 Å². The van der Waals surface area contributed by atoms with Gasteiger partial charge in [0.2, 0.25) is 5.88 Å². The lowest BCUT2D eigenvalue weighted by Crippen LogP contribution is -2.31. The third kappa shape index (κ3) is 3.93. The highest BCUT2D eigenvalue weighted by Gasteiger charge is 2.25. The zero-order valence-electron chi connectivity index (χ0n) is 18.2. The molecule has 0 radical (unpaired) electrons. The maximum absolute atomic E-state index is 13.1. The summed E-state index contributed by atoms with van der Waals surface area (Å²) in [6.07, 6.45) is 8.12. The summed E-state index contributed by atoms with van der Waals surface area (Å²) >= 11 is 0. The summed E-state index contributed by atoms with van der Waals surface area (Å²) in [6, 6.07) is 7.66. The number of aryl methyl sites for hydroxylation is 1. The van der Waals surface area contributed by atoms with E-state index in [1.807, 2.05) is 25.4 Å². The average Bonchev–Trinajstić information content (AvgIpc) is 3.45. The van der Waals surface area contributed by atoms with Crippen molar-refractivity contribution < 1.29 is 14.3 Å². The van der Waals surface area contributed by atoms with Gasteiger partial charge in [0.05, 0.1) is 24.0 Å². The summed E-state index contributed by atoms with van der Waals surface area (Å²) in [7, 11) is 3.47. The number of hydrogen-bond donors (Lipinski definition) is 2. The molecule has 32 heavy (non-hydrogen) atoms. The molecule has 9 heteroatoms. The first-order valence-corrected chi connectivity index (χ1v) is 10.8. The van der Waals surface area contributed by atoms with Crippen molar-refractivity contribution in [3.05, 3.63) is 54.2 Å². The van der Waals surface area contributed by atoms with E-state index in [4.69, 9.17) is 9.47 Å². The Kier molecular flexibility index (Phi) is 5.30. The molecule has 1 saturated heterocycles. The summed E-state index contributed by atoms with van der Waals surface area (Å²) in [6.45, 7) is 1.94. The second-order valence-electron chi connectivity index (χ2n) is 8.06. The van der Waals surface area contributed by atoms with E-state index in [1.54, 1.807) is 24.1 Å². The number of ether oxygens (including phenoxy) is 2. The Morgan fingerprint density at radius 2 is 2.09 bits per heavy atom. The Morgan fingerprint density at radius 3 is 2.84 bits per heavy atom. The third-order valence-electron chi connectivity index (χ3n) is 5.81. The highest BCUT2D eigenvalue weighted by Crippen LogP contribution is 2.33. The van der Waals surface area contributed by atoms with Gasteiger partial charge in [-0.2, -0.15) is 5.10 Å². The number of carbonyl (C=O) groups is 1. The van der Waals surface area contributed by atoms with E-state index in [2.05, 4.69) is 31.7 Å². The molecular weight excluding hydrogens is 408 g/mol. The van der Waals surface area contributed by atoms with Gasteiger partial charge in [0, 0.05) is 49.5 Å². The number of piperidine rings is 1. The first kappa shape index (κ1) is 20.2. The van der Waals surface area contributed by atoms with Gasteiger partial charge in [-0.1, -0.05) is 0 Å². The Bertz CT molecular complexity index is 1160. The number of nitrogens with one attached hydrogen (secondary N) is 2. The molecule has 9 nitrogen and oxygen atoms in total. The van der Waals surface area contributed by atoms with E-state index in [9.17, 15) is 4.79 Å². The molecule has 1 amide bonds. The fraction of sp³-hybridized carbons (Fsp3) is 0.348. The topological polar surface area (TPSA) is 93.5 Å². The molecule has 4 heterocycles. The summed E-state index contributed by atoms with van der Waals surface area (Å²) < 4.78 is 12.5. The van der Waals surface area contributed by atoms with Gasteiger partial charge in [-0.3, -0.25) is 9.48 Å². The van der Waals surface area contributed by atoms with Crippen molar-refractivity contribution in [2.75, 3.05) is 30.4 Å². The molecule has 2 N–H and O–H groups in total. The van der Waals surface area contributed by atoms with Crippen LogP contribution in [-0.2, 0) is 16.6 Å². The van der Waals surface area contributed by atoms with Crippen LogP contribution in [0.2, 0.25) is 0 Å². The number of methoxy groups -OCH3 is 1. The fourth-order valence-electron chi connectivity index (χ4n) is 4.16. The molecule has 5 rings (SSSR count). The van der Waals surface area contributed by atoms with Gasteiger partial charge in [-0.15, -0.1) is 0 Å². The van der Waals surface area contributed by atoms with Gasteiger partial charge < -0.3 is 25.0 Å². The highest BCUT2D eigenvalue weighted by molar-refractivity contribution is 6.06. The molecule has 1 fully saturated rings. The monoisotopic (exact) mass is 434 g/mol. The number of fused-ring (bicyclic) bond motifs is 1. The number of carbonyl (C=O) groups excluding carboxylic acids is 1. The lowest BCUT2D eigenvalue weighted by atomic mass is 10.1. The van der Waals surface area contributed by atoms with Crippen molar-refractivity contribution in [3.63, 3.8) is 0 Å². The Hall–Kier alpha value is -3.75. The molecule has 2 aliphatic rings. The molecule has 2 aliphatic heterocycles. The van der Waals surface area contributed by atoms with Crippen LogP contribution in [-0.4, -0.2) is 40.9 Å². The smallest absolute Gasteiger partial charge is 0.275 e. The number of hydrogen-bond acceptors (Lipinski definition) is 7. The van der Waals surface area contributed by atoms with Crippen LogP contribution in [0.25, 0.3) is 10.9 Å². The average molecular weight is 435 g/mol. The summed E-state index contributed by atoms with van der Waals surface area (Å²) in [5.41, 5.74) is 3.85. The van der Waals surface area contributed by atoms with Gasteiger partial charge in [-0.05, 0) is 37.5 Å². The van der Waals surface area contributed by atoms with Crippen LogP contribution in [0.5, 0.6) is 5.88 Å². The van der Waals surface area contributed by atoms with Gasteiger partial charge in [0.15, 0.2) is 6.23 Å². The van der Waals surface area contributed by atoms with Crippen LogP contribution in [0.4, 0.5) is 11.4 Å². The van der Waals surface area contributed by atoms with Crippen LogP contribution in [0.3, 0.4) is 0 Å². The minimum atomic E-state index is -0.475. The van der Waals surface area contributed by atoms with Gasteiger partial charge in [0.25, 0.3) is 5.91 Å². The first-order valence-electron chi connectivity index (χ1n) is 10.8. The standard InChI is InChI=1S/C23H26N6O3/c1-28-13-16-10-18(20(11-17(16)27-28)29-8-4-3-5-9-29)25-22(30)19-14-32-23(26-19)15-6-7-21(31-2)24-12-15/h6-7,10-14,23,26H,3-5,8-9H2,1-2H3,(H,25,30). The molecular formula is C23H26N6O3. The fourth-order valence-corrected chi connectivity index (χ4v) is 4.16. The number of amides is 1.